The molecule has 1 fully saturated rings. The van der Waals surface area contributed by atoms with E-state index in [1.165, 1.54) is 6.42 Å². The second kappa shape index (κ2) is 6.92. The number of benzene rings is 1. The maximum atomic E-state index is 12.7. The van der Waals surface area contributed by atoms with Gasteiger partial charge >= 0.3 is 0 Å². The summed E-state index contributed by atoms with van der Waals surface area (Å²) in [5.74, 6) is 0.00574. The highest BCUT2D eigenvalue weighted by Crippen LogP contribution is 2.23. The molecule has 5 heteroatoms. The molecule has 1 aliphatic heterocycles. The first-order valence-electron chi connectivity index (χ1n) is 6.98. The highest BCUT2D eigenvalue weighted by molar-refractivity contribution is 9.10. The molecule has 1 unspecified atom stereocenters. The first-order valence-corrected chi connectivity index (χ1v) is 8.15. The van der Waals surface area contributed by atoms with Gasteiger partial charge in [0.1, 0.15) is 0 Å². The first kappa shape index (κ1) is 15.8. The number of nitrogens with one attached hydrogen (secondary N) is 1. The number of carbonyl (C=O) groups is 1. The Morgan fingerprint density at radius 2 is 2.30 bits per heavy atom. The van der Waals surface area contributed by atoms with Gasteiger partial charge in [-0.25, -0.2) is 0 Å². The summed E-state index contributed by atoms with van der Waals surface area (Å²) in [5.41, 5.74) is 0.571. The lowest BCUT2D eigenvalue weighted by Gasteiger charge is -2.30. The monoisotopic (exact) mass is 358 g/mol. The van der Waals surface area contributed by atoms with Crippen LogP contribution in [0.25, 0.3) is 0 Å². The van der Waals surface area contributed by atoms with Crippen LogP contribution in [-0.2, 0) is 0 Å². The van der Waals surface area contributed by atoms with Crippen molar-refractivity contribution in [3.8, 4) is 0 Å². The van der Waals surface area contributed by atoms with Crippen molar-refractivity contribution >= 4 is 33.4 Å². The third-order valence-corrected chi connectivity index (χ3v) is 4.43. The van der Waals surface area contributed by atoms with Crippen LogP contribution in [0, 0.1) is 0 Å². The summed E-state index contributed by atoms with van der Waals surface area (Å²) in [6.45, 7) is 5.87. The van der Waals surface area contributed by atoms with E-state index in [2.05, 4.69) is 21.2 Å². The predicted molar refractivity (Wildman–Crippen MR) is 86.3 cm³/mol. The third kappa shape index (κ3) is 3.74. The average Bonchev–Trinajstić information content (AvgIpc) is 2.87. The third-order valence-electron chi connectivity index (χ3n) is 3.63. The summed E-state index contributed by atoms with van der Waals surface area (Å²) < 4.78 is 0.882. The molecule has 1 amide bonds. The van der Waals surface area contributed by atoms with E-state index >= 15 is 0 Å². The molecule has 1 saturated heterocycles. The quantitative estimate of drug-likeness (QED) is 0.889. The minimum absolute atomic E-state index is 0.00574. The Balaban J connectivity index is 2.17. The van der Waals surface area contributed by atoms with Gasteiger partial charge in [-0.15, -0.1) is 0 Å². The molecule has 110 valence electrons. The van der Waals surface area contributed by atoms with Gasteiger partial charge in [0.2, 0.25) is 0 Å². The minimum atomic E-state index is 0.00574. The number of amides is 1. The zero-order valence-corrected chi connectivity index (χ0v) is 14.2. The molecule has 1 aromatic rings. The van der Waals surface area contributed by atoms with E-state index in [1.807, 2.05) is 24.8 Å². The topological polar surface area (TPSA) is 32.3 Å². The number of nitrogens with zero attached hydrogens (tertiary/aromatic N) is 1. The molecule has 0 saturated carbocycles. The number of hydrogen-bond donors (Lipinski definition) is 1. The summed E-state index contributed by atoms with van der Waals surface area (Å²) in [6, 6.07) is 5.96. The summed E-state index contributed by atoms with van der Waals surface area (Å²) in [7, 11) is 0. The van der Waals surface area contributed by atoms with E-state index in [1.54, 1.807) is 12.1 Å². The van der Waals surface area contributed by atoms with Crippen LogP contribution in [-0.4, -0.2) is 36.0 Å². The Labute approximate surface area is 133 Å². The molecule has 2 rings (SSSR count). The first-order chi connectivity index (χ1) is 9.49. The second-order valence-electron chi connectivity index (χ2n) is 5.47. The summed E-state index contributed by atoms with van der Waals surface area (Å²) in [4.78, 5) is 14.6. The SMILES string of the molecule is CC(C)N(CC1CCCN1)C(=O)c1ccc(Br)cc1Cl. The molecular formula is C15H20BrClN2O. The molecule has 0 bridgehead atoms. The Kier molecular flexibility index (Phi) is 5.47. The smallest absolute Gasteiger partial charge is 0.255 e. The number of halogens is 2. The zero-order valence-electron chi connectivity index (χ0n) is 11.8. The summed E-state index contributed by atoms with van der Waals surface area (Å²) in [6.07, 6.45) is 2.31. The average molecular weight is 360 g/mol. The van der Waals surface area contributed by atoms with Crippen molar-refractivity contribution in [2.45, 2.75) is 38.8 Å². The van der Waals surface area contributed by atoms with Crippen molar-refractivity contribution in [1.29, 1.82) is 0 Å². The highest BCUT2D eigenvalue weighted by atomic mass is 79.9. The lowest BCUT2D eigenvalue weighted by molar-refractivity contribution is 0.0689. The molecule has 0 aliphatic carbocycles. The van der Waals surface area contributed by atoms with Gasteiger partial charge in [0.05, 0.1) is 10.6 Å². The van der Waals surface area contributed by atoms with Crippen LogP contribution in [0.15, 0.2) is 22.7 Å². The Hall–Kier alpha value is -0.580. The number of rotatable bonds is 4. The predicted octanol–water partition coefficient (Wildman–Crippen LogP) is 3.71. The van der Waals surface area contributed by atoms with E-state index in [0.717, 1.165) is 24.0 Å². The van der Waals surface area contributed by atoms with Crippen LogP contribution in [0.2, 0.25) is 5.02 Å². The molecular weight excluding hydrogens is 340 g/mol. The standard InChI is InChI=1S/C15H20BrClN2O/c1-10(2)19(9-12-4-3-7-18-12)15(20)13-6-5-11(16)8-14(13)17/h5-6,8,10,12,18H,3-4,7,9H2,1-2H3. The normalized spacial score (nSPS) is 18.6. The van der Waals surface area contributed by atoms with Crippen LogP contribution < -0.4 is 5.32 Å². The highest BCUT2D eigenvalue weighted by Gasteiger charge is 2.25. The van der Waals surface area contributed by atoms with Crippen LogP contribution in [0.5, 0.6) is 0 Å². The van der Waals surface area contributed by atoms with Crippen molar-refractivity contribution in [3.05, 3.63) is 33.3 Å². The molecule has 1 atom stereocenters. The molecule has 1 aromatic carbocycles. The minimum Gasteiger partial charge on any atom is -0.335 e. The van der Waals surface area contributed by atoms with Gasteiger partial charge in [-0.2, -0.15) is 0 Å². The fraction of sp³-hybridized carbons (Fsp3) is 0.533. The van der Waals surface area contributed by atoms with Gasteiger partial charge in [0.15, 0.2) is 0 Å². The molecule has 0 aromatic heterocycles. The van der Waals surface area contributed by atoms with Crippen molar-refractivity contribution in [2.75, 3.05) is 13.1 Å². The molecule has 0 radical (unpaired) electrons. The fourth-order valence-corrected chi connectivity index (χ4v) is 3.25. The zero-order chi connectivity index (χ0) is 14.7. The van der Waals surface area contributed by atoms with Crippen LogP contribution >= 0.6 is 27.5 Å². The van der Waals surface area contributed by atoms with E-state index in [9.17, 15) is 4.79 Å². The summed E-state index contributed by atoms with van der Waals surface area (Å²) >= 11 is 9.56. The van der Waals surface area contributed by atoms with Crippen molar-refractivity contribution < 1.29 is 4.79 Å². The lowest BCUT2D eigenvalue weighted by Crippen LogP contribution is -2.44. The molecule has 0 spiro atoms. The Morgan fingerprint density at radius 1 is 1.55 bits per heavy atom. The molecule has 1 N–H and O–H groups in total. The number of hydrogen-bond acceptors (Lipinski definition) is 2. The maximum absolute atomic E-state index is 12.7. The van der Waals surface area contributed by atoms with E-state index in [-0.39, 0.29) is 11.9 Å². The van der Waals surface area contributed by atoms with Gasteiger partial charge in [-0.1, -0.05) is 27.5 Å². The summed E-state index contributed by atoms with van der Waals surface area (Å²) in [5, 5.41) is 3.93. The molecule has 1 heterocycles. The van der Waals surface area contributed by atoms with Gasteiger partial charge < -0.3 is 10.2 Å². The molecule has 3 nitrogen and oxygen atoms in total. The lowest BCUT2D eigenvalue weighted by atomic mass is 10.1. The van der Waals surface area contributed by atoms with Gasteiger partial charge in [-0.3, -0.25) is 4.79 Å². The largest absolute Gasteiger partial charge is 0.335 e. The second-order valence-corrected chi connectivity index (χ2v) is 6.79. The van der Waals surface area contributed by atoms with Gasteiger partial charge in [0.25, 0.3) is 5.91 Å². The maximum Gasteiger partial charge on any atom is 0.255 e. The van der Waals surface area contributed by atoms with Gasteiger partial charge in [-0.05, 0) is 51.4 Å². The van der Waals surface area contributed by atoms with Crippen LogP contribution in [0.1, 0.15) is 37.0 Å². The van der Waals surface area contributed by atoms with E-state index in [0.29, 0.717) is 16.6 Å². The van der Waals surface area contributed by atoms with Crippen LogP contribution in [0.4, 0.5) is 0 Å². The van der Waals surface area contributed by atoms with Crippen molar-refractivity contribution in [3.63, 3.8) is 0 Å². The molecule has 20 heavy (non-hydrogen) atoms. The van der Waals surface area contributed by atoms with E-state index in [4.69, 9.17) is 11.6 Å². The Bertz CT molecular complexity index is 487. The number of carbonyl (C=O) groups excluding carboxylic acids is 1. The van der Waals surface area contributed by atoms with Crippen molar-refractivity contribution in [2.24, 2.45) is 0 Å². The molecule has 1 aliphatic rings. The Morgan fingerprint density at radius 3 is 2.85 bits per heavy atom. The van der Waals surface area contributed by atoms with Crippen LogP contribution in [0.3, 0.4) is 0 Å². The fourth-order valence-electron chi connectivity index (χ4n) is 2.50. The van der Waals surface area contributed by atoms with Gasteiger partial charge in [0, 0.05) is 23.1 Å². The van der Waals surface area contributed by atoms with Crippen molar-refractivity contribution in [1.82, 2.24) is 10.2 Å². The van der Waals surface area contributed by atoms with E-state index < -0.39 is 0 Å².